The van der Waals surface area contributed by atoms with Crippen molar-refractivity contribution in [3.05, 3.63) is 89.2 Å². The van der Waals surface area contributed by atoms with Gasteiger partial charge in [-0.05, 0) is 55.0 Å². The maximum Gasteiger partial charge on any atom is 0.261 e. The Kier molecular flexibility index (Phi) is 6.37. The van der Waals surface area contributed by atoms with Gasteiger partial charge in [0.25, 0.3) is 15.9 Å². The number of nitrogens with one attached hydrogen (secondary N) is 2. The fourth-order valence-electron chi connectivity index (χ4n) is 2.80. The molecule has 0 spiro atoms. The quantitative estimate of drug-likeness (QED) is 0.598. The molecule has 0 aromatic heterocycles. The topological polar surface area (TPSA) is 84.5 Å². The van der Waals surface area contributed by atoms with Gasteiger partial charge in [0, 0.05) is 23.4 Å². The molecule has 3 rings (SSSR count). The number of methoxy groups -OCH3 is 1. The van der Waals surface area contributed by atoms with Crippen LogP contribution in [-0.2, 0) is 16.6 Å². The highest BCUT2D eigenvalue weighted by Crippen LogP contribution is 2.21. The van der Waals surface area contributed by atoms with Crippen LogP contribution in [0.15, 0.2) is 71.6 Å². The molecule has 0 aliphatic heterocycles. The molecular formula is C22H21FN2O4S. The number of sulfonamides is 1. The van der Waals surface area contributed by atoms with Gasteiger partial charge in [-0.2, -0.15) is 0 Å². The van der Waals surface area contributed by atoms with Crippen molar-refractivity contribution in [1.82, 2.24) is 5.32 Å². The second kappa shape index (κ2) is 8.96. The van der Waals surface area contributed by atoms with Crippen LogP contribution in [0, 0.1) is 12.7 Å². The van der Waals surface area contributed by atoms with Crippen LogP contribution >= 0.6 is 0 Å². The lowest BCUT2D eigenvalue weighted by atomic mass is 10.1. The van der Waals surface area contributed by atoms with E-state index in [2.05, 4.69) is 10.0 Å². The summed E-state index contributed by atoms with van der Waals surface area (Å²) in [6.07, 6.45) is 0. The second-order valence-electron chi connectivity index (χ2n) is 6.58. The van der Waals surface area contributed by atoms with Gasteiger partial charge < -0.3 is 10.1 Å². The van der Waals surface area contributed by atoms with Crippen molar-refractivity contribution in [2.24, 2.45) is 0 Å². The van der Waals surface area contributed by atoms with Crippen molar-refractivity contribution < 1.29 is 22.3 Å². The second-order valence-corrected chi connectivity index (χ2v) is 8.27. The zero-order chi connectivity index (χ0) is 21.7. The molecule has 0 bridgehead atoms. The maximum absolute atomic E-state index is 13.8. The van der Waals surface area contributed by atoms with Crippen molar-refractivity contribution in [2.45, 2.75) is 18.4 Å². The Bertz CT molecular complexity index is 1160. The molecule has 1 amide bonds. The van der Waals surface area contributed by atoms with Crippen LogP contribution in [0.4, 0.5) is 10.1 Å². The number of anilines is 1. The molecule has 0 radical (unpaired) electrons. The third-order valence-electron chi connectivity index (χ3n) is 4.50. The van der Waals surface area contributed by atoms with Gasteiger partial charge in [0.1, 0.15) is 11.6 Å². The first-order valence-electron chi connectivity index (χ1n) is 9.09. The molecule has 156 valence electrons. The Morgan fingerprint density at radius 3 is 2.40 bits per heavy atom. The van der Waals surface area contributed by atoms with Gasteiger partial charge in [0.2, 0.25) is 0 Å². The molecular weight excluding hydrogens is 407 g/mol. The van der Waals surface area contributed by atoms with E-state index in [9.17, 15) is 17.6 Å². The number of aryl methyl sites for hydroxylation is 1. The van der Waals surface area contributed by atoms with Crippen LogP contribution in [0.2, 0.25) is 0 Å². The van der Waals surface area contributed by atoms with Gasteiger partial charge in [-0.1, -0.05) is 24.3 Å². The third kappa shape index (κ3) is 4.96. The van der Waals surface area contributed by atoms with E-state index in [0.29, 0.717) is 22.6 Å². The van der Waals surface area contributed by atoms with E-state index in [-0.39, 0.29) is 17.0 Å². The average Bonchev–Trinajstić information content (AvgIpc) is 2.73. The molecule has 3 aromatic rings. The molecule has 6 nitrogen and oxygen atoms in total. The van der Waals surface area contributed by atoms with Crippen LogP contribution < -0.4 is 14.8 Å². The first kappa shape index (κ1) is 21.3. The van der Waals surface area contributed by atoms with Gasteiger partial charge >= 0.3 is 0 Å². The number of carbonyl (C=O) groups is 1. The van der Waals surface area contributed by atoms with Gasteiger partial charge in [-0.25, -0.2) is 12.8 Å². The first-order chi connectivity index (χ1) is 14.3. The Morgan fingerprint density at radius 2 is 1.73 bits per heavy atom. The average molecular weight is 428 g/mol. The summed E-state index contributed by atoms with van der Waals surface area (Å²) in [7, 11) is -2.39. The molecule has 3 aromatic carbocycles. The standard InChI is InChI=1S/C22H21FN2O4S/c1-15-7-12-19(30(27,28)25-17-8-10-18(29-2)11-9-17)13-20(15)22(26)24-14-16-5-3-4-6-21(16)23/h3-13,25H,14H2,1-2H3,(H,24,26). The van der Waals surface area contributed by atoms with Gasteiger partial charge in [-0.15, -0.1) is 0 Å². The van der Waals surface area contributed by atoms with Crippen LogP contribution in [-0.4, -0.2) is 21.4 Å². The predicted octanol–water partition coefficient (Wildman–Crippen LogP) is 3.87. The summed E-state index contributed by atoms with van der Waals surface area (Å²) in [5.74, 6) is -0.311. The predicted molar refractivity (Wildman–Crippen MR) is 113 cm³/mol. The molecule has 0 aliphatic rings. The maximum atomic E-state index is 13.8. The Hall–Kier alpha value is -3.39. The van der Waals surface area contributed by atoms with Crippen LogP contribution in [0.5, 0.6) is 5.75 Å². The van der Waals surface area contributed by atoms with Crippen molar-refractivity contribution >= 4 is 21.6 Å². The lowest BCUT2D eigenvalue weighted by Crippen LogP contribution is -2.24. The lowest BCUT2D eigenvalue weighted by molar-refractivity contribution is 0.0949. The number of hydrogen-bond donors (Lipinski definition) is 2. The van der Waals surface area contributed by atoms with E-state index in [0.717, 1.165) is 0 Å². The van der Waals surface area contributed by atoms with Crippen molar-refractivity contribution in [3.8, 4) is 5.75 Å². The Labute approximate surface area is 174 Å². The molecule has 2 N–H and O–H groups in total. The highest BCUT2D eigenvalue weighted by Gasteiger charge is 2.18. The Morgan fingerprint density at radius 1 is 1.03 bits per heavy atom. The molecule has 0 saturated heterocycles. The summed E-state index contributed by atoms with van der Waals surface area (Å²) in [6.45, 7) is 1.69. The van der Waals surface area contributed by atoms with Crippen LogP contribution in [0.1, 0.15) is 21.5 Å². The zero-order valence-corrected chi connectivity index (χ0v) is 17.3. The number of carbonyl (C=O) groups excluding carboxylic acids is 1. The Balaban J connectivity index is 1.79. The molecule has 0 heterocycles. The number of amides is 1. The van der Waals surface area contributed by atoms with Gasteiger partial charge in [-0.3, -0.25) is 9.52 Å². The molecule has 0 unspecified atom stereocenters. The number of halogens is 1. The smallest absolute Gasteiger partial charge is 0.261 e. The molecule has 0 aliphatic carbocycles. The molecule has 8 heteroatoms. The van der Waals surface area contributed by atoms with Crippen LogP contribution in [0.25, 0.3) is 0 Å². The van der Waals surface area contributed by atoms with Crippen molar-refractivity contribution in [1.29, 1.82) is 0 Å². The van der Waals surface area contributed by atoms with E-state index in [1.54, 1.807) is 55.5 Å². The molecule has 30 heavy (non-hydrogen) atoms. The van der Waals surface area contributed by atoms with E-state index in [4.69, 9.17) is 4.74 Å². The highest BCUT2D eigenvalue weighted by molar-refractivity contribution is 7.92. The largest absolute Gasteiger partial charge is 0.497 e. The summed E-state index contributed by atoms with van der Waals surface area (Å²) in [4.78, 5) is 12.5. The molecule has 0 saturated carbocycles. The zero-order valence-electron chi connectivity index (χ0n) is 16.5. The summed E-state index contributed by atoms with van der Waals surface area (Å²) in [5, 5.41) is 2.63. The normalized spacial score (nSPS) is 11.0. The summed E-state index contributed by atoms with van der Waals surface area (Å²) < 4.78 is 46.8. The fraction of sp³-hybridized carbons (Fsp3) is 0.136. The third-order valence-corrected chi connectivity index (χ3v) is 5.88. The highest BCUT2D eigenvalue weighted by atomic mass is 32.2. The first-order valence-corrected chi connectivity index (χ1v) is 10.6. The van der Waals surface area contributed by atoms with Crippen LogP contribution in [0.3, 0.4) is 0 Å². The van der Waals surface area contributed by atoms with Gasteiger partial charge in [0.05, 0.1) is 12.0 Å². The monoisotopic (exact) mass is 428 g/mol. The van der Waals surface area contributed by atoms with Crippen molar-refractivity contribution in [2.75, 3.05) is 11.8 Å². The van der Waals surface area contributed by atoms with E-state index < -0.39 is 21.7 Å². The van der Waals surface area contributed by atoms with Crippen molar-refractivity contribution in [3.63, 3.8) is 0 Å². The number of hydrogen-bond acceptors (Lipinski definition) is 4. The van der Waals surface area contributed by atoms with Gasteiger partial charge in [0.15, 0.2) is 0 Å². The number of ether oxygens (including phenoxy) is 1. The fourth-order valence-corrected chi connectivity index (χ4v) is 3.88. The minimum Gasteiger partial charge on any atom is -0.497 e. The minimum absolute atomic E-state index is 0.00791. The van der Waals surface area contributed by atoms with E-state index in [1.807, 2.05) is 0 Å². The molecule has 0 fully saturated rings. The number of rotatable bonds is 7. The summed E-state index contributed by atoms with van der Waals surface area (Å²) >= 11 is 0. The number of benzene rings is 3. The van der Waals surface area contributed by atoms with E-state index in [1.165, 1.54) is 25.3 Å². The minimum atomic E-state index is -3.91. The molecule has 0 atom stereocenters. The lowest BCUT2D eigenvalue weighted by Gasteiger charge is -2.12. The summed E-state index contributed by atoms with van der Waals surface area (Å²) in [5.41, 5.74) is 1.50. The SMILES string of the molecule is COc1ccc(NS(=O)(=O)c2ccc(C)c(C(=O)NCc3ccccc3F)c2)cc1. The van der Waals surface area contributed by atoms with E-state index >= 15 is 0 Å². The summed E-state index contributed by atoms with van der Waals surface area (Å²) in [6, 6.07) is 16.8.